The van der Waals surface area contributed by atoms with Crippen LogP contribution in [-0.2, 0) is 32.1 Å². The largest absolute Gasteiger partial charge is 0.456 e. The summed E-state index contributed by atoms with van der Waals surface area (Å²) in [6.45, 7) is -0.137. The molecule has 2 heterocycles. The molecule has 0 aromatic heterocycles. The van der Waals surface area contributed by atoms with Crippen molar-refractivity contribution in [3.8, 4) is 0 Å². The Kier molecular flexibility index (Phi) is 6.66. The van der Waals surface area contributed by atoms with Gasteiger partial charge in [0.05, 0.1) is 16.4 Å². The molecule has 11 heteroatoms. The van der Waals surface area contributed by atoms with E-state index in [1.807, 2.05) is 30.3 Å². The number of non-ortho nitro benzene ring substituents is 1. The molecule has 2 aliphatic rings. The summed E-state index contributed by atoms with van der Waals surface area (Å²) < 4.78 is 5.29. The molecule has 1 N–H and O–H groups in total. The predicted molar refractivity (Wildman–Crippen MR) is 121 cm³/mol. The van der Waals surface area contributed by atoms with E-state index in [0.717, 1.165) is 5.56 Å². The van der Waals surface area contributed by atoms with Gasteiger partial charge in [0.25, 0.3) is 11.6 Å². The maximum atomic E-state index is 12.8. The molecule has 2 amide bonds. The topological polar surface area (TPSA) is 119 Å². The molecule has 0 radical (unpaired) electrons. The number of ether oxygens (including phenoxy) is 1. The number of nitro groups is 1. The number of esters is 1. The van der Waals surface area contributed by atoms with Crippen LogP contribution in [-0.4, -0.2) is 44.8 Å². The summed E-state index contributed by atoms with van der Waals surface area (Å²) in [6, 6.07) is 14.0. The van der Waals surface area contributed by atoms with Crippen LogP contribution in [0.3, 0.4) is 0 Å². The van der Waals surface area contributed by atoms with Crippen molar-refractivity contribution in [1.82, 2.24) is 10.2 Å². The predicted octanol–water partition coefficient (Wildman–Crippen LogP) is 2.73. The minimum absolute atomic E-state index is 0.0408. The Morgan fingerprint density at radius 1 is 1.15 bits per heavy atom. The van der Waals surface area contributed by atoms with E-state index in [9.17, 15) is 24.5 Å². The molecule has 2 aliphatic heterocycles. The fraction of sp³-hybridized carbons (Fsp3) is 0.227. The summed E-state index contributed by atoms with van der Waals surface area (Å²) in [6.07, 6.45) is 0.142. The second-order valence-electron chi connectivity index (χ2n) is 7.37. The molecule has 0 bridgehead atoms. The van der Waals surface area contributed by atoms with Gasteiger partial charge in [-0.05, 0) is 23.3 Å². The van der Waals surface area contributed by atoms with Gasteiger partial charge in [-0.1, -0.05) is 41.9 Å². The lowest BCUT2D eigenvalue weighted by atomic mass is 10.0. The summed E-state index contributed by atoms with van der Waals surface area (Å²) in [5.74, 6) is -1.20. The maximum Gasteiger partial charge on any atom is 0.356 e. The monoisotopic (exact) mass is 487 g/mol. The van der Waals surface area contributed by atoms with E-state index < -0.39 is 28.2 Å². The summed E-state index contributed by atoms with van der Waals surface area (Å²) in [5.41, 5.74) is 1.26. The standard InChI is InChI=1S/C22H18ClN3O6S/c23-16-12-33-21-18(24-17(27)10-13-4-2-1-3-5-13)20(28)25(21)19(16)22(29)32-11-14-6-8-15(9-7-14)26(30)31/h1-9,18,21H,10-12H2,(H,24,27)/t18-,21+/m1/s1. The lowest BCUT2D eigenvalue weighted by Gasteiger charge is -2.49. The number of hydrogen-bond acceptors (Lipinski definition) is 7. The van der Waals surface area contributed by atoms with Crippen LogP contribution in [0.15, 0.2) is 65.3 Å². The summed E-state index contributed by atoms with van der Waals surface area (Å²) in [7, 11) is 0. The first kappa shape index (κ1) is 22.8. The number of nitrogens with zero attached hydrogens (tertiary/aromatic N) is 2. The summed E-state index contributed by atoms with van der Waals surface area (Å²) >= 11 is 7.59. The van der Waals surface area contributed by atoms with Gasteiger partial charge in [0.1, 0.15) is 23.7 Å². The number of nitro benzene ring substituents is 1. The van der Waals surface area contributed by atoms with Crippen molar-refractivity contribution in [1.29, 1.82) is 0 Å². The van der Waals surface area contributed by atoms with Crippen molar-refractivity contribution in [2.45, 2.75) is 24.4 Å². The second-order valence-corrected chi connectivity index (χ2v) is 8.93. The fourth-order valence-electron chi connectivity index (χ4n) is 3.51. The molecule has 0 aliphatic carbocycles. The van der Waals surface area contributed by atoms with Crippen LogP contribution in [0.2, 0.25) is 0 Å². The number of rotatable bonds is 7. The molecular weight excluding hydrogens is 470 g/mol. The minimum Gasteiger partial charge on any atom is -0.456 e. The van der Waals surface area contributed by atoms with Gasteiger partial charge in [-0.25, -0.2) is 4.79 Å². The number of fused-ring (bicyclic) bond motifs is 1. The lowest BCUT2D eigenvalue weighted by Crippen LogP contribution is -2.70. The number of hydrogen-bond donors (Lipinski definition) is 1. The molecule has 33 heavy (non-hydrogen) atoms. The van der Waals surface area contributed by atoms with E-state index in [4.69, 9.17) is 16.3 Å². The van der Waals surface area contributed by atoms with Gasteiger partial charge in [-0.2, -0.15) is 0 Å². The zero-order valence-corrected chi connectivity index (χ0v) is 18.7. The van der Waals surface area contributed by atoms with E-state index in [0.29, 0.717) is 11.3 Å². The molecule has 2 atom stereocenters. The zero-order valence-electron chi connectivity index (χ0n) is 17.1. The molecule has 9 nitrogen and oxygen atoms in total. The van der Waals surface area contributed by atoms with E-state index >= 15 is 0 Å². The van der Waals surface area contributed by atoms with Gasteiger partial charge in [0.15, 0.2) is 0 Å². The van der Waals surface area contributed by atoms with Crippen molar-refractivity contribution in [2.75, 3.05) is 5.75 Å². The van der Waals surface area contributed by atoms with Crippen molar-refractivity contribution < 1.29 is 24.0 Å². The molecule has 4 rings (SSSR count). The van der Waals surface area contributed by atoms with E-state index in [-0.39, 0.29) is 35.4 Å². The van der Waals surface area contributed by atoms with Gasteiger partial charge in [-0.15, -0.1) is 11.8 Å². The minimum atomic E-state index is -0.772. The van der Waals surface area contributed by atoms with Crippen molar-refractivity contribution in [3.63, 3.8) is 0 Å². The second kappa shape index (κ2) is 9.63. The number of carbonyl (C=O) groups excluding carboxylic acids is 3. The van der Waals surface area contributed by atoms with Crippen molar-refractivity contribution in [2.24, 2.45) is 0 Å². The summed E-state index contributed by atoms with van der Waals surface area (Å²) in [5, 5.41) is 13.2. The van der Waals surface area contributed by atoms with Crippen LogP contribution in [0.4, 0.5) is 5.69 Å². The molecular formula is C22H18ClN3O6S. The van der Waals surface area contributed by atoms with Gasteiger partial charge in [0.2, 0.25) is 5.91 Å². The number of thioether (sulfide) groups is 1. The number of halogens is 1. The first-order chi connectivity index (χ1) is 15.8. The van der Waals surface area contributed by atoms with Gasteiger partial charge >= 0.3 is 5.97 Å². The molecule has 1 fully saturated rings. The van der Waals surface area contributed by atoms with Gasteiger partial charge < -0.3 is 10.1 Å². The van der Waals surface area contributed by atoms with Crippen LogP contribution in [0.5, 0.6) is 0 Å². The number of benzene rings is 2. The average molecular weight is 488 g/mol. The summed E-state index contributed by atoms with van der Waals surface area (Å²) in [4.78, 5) is 49.3. The number of carbonyl (C=O) groups is 3. The first-order valence-electron chi connectivity index (χ1n) is 9.92. The lowest BCUT2D eigenvalue weighted by molar-refractivity contribution is -0.384. The van der Waals surface area contributed by atoms with E-state index in [2.05, 4.69) is 5.32 Å². The highest BCUT2D eigenvalue weighted by Crippen LogP contribution is 2.41. The molecule has 2 aromatic rings. The van der Waals surface area contributed by atoms with E-state index in [1.165, 1.54) is 40.9 Å². The smallest absolute Gasteiger partial charge is 0.356 e. The van der Waals surface area contributed by atoms with Crippen LogP contribution in [0.25, 0.3) is 0 Å². The fourth-order valence-corrected chi connectivity index (χ4v) is 5.06. The normalized spacial score (nSPS) is 19.4. The average Bonchev–Trinajstić information content (AvgIpc) is 2.81. The highest BCUT2D eigenvalue weighted by Gasteiger charge is 2.54. The Morgan fingerprint density at radius 3 is 2.52 bits per heavy atom. The zero-order chi connectivity index (χ0) is 23.5. The van der Waals surface area contributed by atoms with Gasteiger partial charge in [-0.3, -0.25) is 24.6 Å². The first-order valence-corrected chi connectivity index (χ1v) is 11.3. The third kappa shape index (κ3) is 4.86. The number of β-lactam (4-membered cyclic amide) rings is 1. The maximum absolute atomic E-state index is 12.8. The van der Waals surface area contributed by atoms with Crippen LogP contribution in [0.1, 0.15) is 11.1 Å². The molecule has 170 valence electrons. The third-order valence-corrected chi connectivity index (χ3v) is 6.91. The Labute approximate surface area is 197 Å². The van der Waals surface area contributed by atoms with Crippen LogP contribution < -0.4 is 5.32 Å². The number of amides is 2. The molecule has 0 unspecified atom stereocenters. The quantitative estimate of drug-likeness (QED) is 0.276. The van der Waals surface area contributed by atoms with Crippen LogP contribution >= 0.6 is 23.4 Å². The Balaban J connectivity index is 1.37. The van der Waals surface area contributed by atoms with Crippen molar-refractivity contribution >= 4 is 46.8 Å². The molecule has 1 saturated heterocycles. The SMILES string of the molecule is O=C(Cc1ccccc1)N[C@@H]1C(=O)N2C(C(=O)OCc3ccc([N+](=O)[O-])cc3)=C(Cl)CS[C@@H]12. The Bertz CT molecular complexity index is 1140. The third-order valence-electron chi connectivity index (χ3n) is 5.16. The highest BCUT2D eigenvalue weighted by atomic mass is 35.5. The number of nitrogens with one attached hydrogen (secondary N) is 1. The molecule has 2 aromatic carbocycles. The Morgan fingerprint density at radius 2 is 1.85 bits per heavy atom. The highest BCUT2D eigenvalue weighted by molar-refractivity contribution is 8.00. The molecule has 0 spiro atoms. The van der Waals surface area contributed by atoms with Crippen LogP contribution in [0, 0.1) is 10.1 Å². The Hall–Kier alpha value is -3.37. The van der Waals surface area contributed by atoms with Gasteiger partial charge in [0, 0.05) is 17.9 Å². The molecule has 0 saturated carbocycles. The van der Waals surface area contributed by atoms with E-state index in [1.54, 1.807) is 0 Å². The van der Waals surface area contributed by atoms with Crippen molar-refractivity contribution in [3.05, 3.63) is 86.6 Å².